The molecule has 2 aliphatic rings. The van der Waals surface area contributed by atoms with Crippen molar-refractivity contribution in [3.05, 3.63) is 30.1 Å². The Labute approximate surface area is 132 Å². The van der Waals surface area contributed by atoms with E-state index in [4.69, 9.17) is 0 Å². The largest absolute Gasteiger partial charge is 0.346 e. The van der Waals surface area contributed by atoms with Gasteiger partial charge in [-0.05, 0) is 25.0 Å². The SMILES string of the molecule is O=C(NC1CCCCC1N1C(=O)CSC1=O)c1ccccn1. The number of carbonyl (C=O) groups is 3. The lowest BCUT2D eigenvalue weighted by atomic mass is 9.89. The van der Waals surface area contributed by atoms with Crippen molar-refractivity contribution in [2.75, 3.05) is 5.75 Å². The van der Waals surface area contributed by atoms with E-state index in [1.54, 1.807) is 24.4 Å². The van der Waals surface area contributed by atoms with Crippen molar-refractivity contribution in [2.45, 2.75) is 37.8 Å². The van der Waals surface area contributed by atoms with E-state index < -0.39 is 0 Å². The molecule has 1 aliphatic heterocycles. The molecule has 1 aromatic heterocycles. The normalized spacial score (nSPS) is 25.4. The van der Waals surface area contributed by atoms with Gasteiger partial charge in [-0.1, -0.05) is 30.7 Å². The van der Waals surface area contributed by atoms with E-state index in [0.29, 0.717) is 5.69 Å². The van der Waals surface area contributed by atoms with Gasteiger partial charge in [0.15, 0.2) is 0 Å². The lowest BCUT2D eigenvalue weighted by molar-refractivity contribution is -0.127. The fraction of sp³-hybridized carbons (Fsp3) is 0.467. The number of imide groups is 1. The fourth-order valence-electron chi connectivity index (χ4n) is 3.01. The Morgan fingerprint density at radius 2 is 2.09 bits per heavy atom. The van der Waals surface area contributed by atoms with Crippen LogP contribution in [-0.2, 0) is 4.79 Å². The van der Waals surface area contributed by atoms with Crippen LogP contribution in [0.1, 0.15) is 36.2 Å². The summed E-state index contributed by atoms with van der Waals surface area (Å²) in [6, 6.07) is 4.71. The molecule has 0 radical (unpaired) electrons. The summed E-state index contributed by atoms with van der Waals surface area (Å²) in [5.41, 5.74) is 0.347. The van der Waals surface area contributed by atoms with Crippen molar-refractivity contribution in [3.63, 3.8) is 0 Å². The van der Waals surface area contributed by atoms with E-state index in [1.165, 1.54) is 4.90 Å². The van der Waals surface area contributed by atoms with Crippen LogP contribution in [0.3, 0.4) is 0 Å². The Balaban J connectivity index is 1.74. The van der Waals surface area contributed by atoms with Gasteiger partial charge in [0, 0.05) is 6.20 Å². The Hall–Kier alpha value is -1.89. The average Bonchev–Trinajstić information content (AvgIpc) is 2.88. The summed E-state index contributed by atoms with van der Waals surface area (Å²) in [5, 5.41) is 2.75. The van der Waals surface area contributed by atoms with E-state index in [0.717, 1.165) is 37.4 Å². The van der Waals surface area contributed by atoms with Gasteiger partial charge in [-0.2, -0.15) is 0 Å². The van der Waals surface area contributed by atoms with Crippen LogP contribution in [0.25, 0.3) is 0 Å². The molecule has 1 aliphatic carbocycles. The summed E-state index contributed by atoms with van der Waals surface area (Å²) >= 11 is 1.04. The molecule has 116 valence electrons. The van der Waals surface area contributed by atoms with Gasteiger partial charge < -0.3 is 5.32 Å². The first-order valence-corrected chi connectivity index (χ1v) is 8.36. The van der Waals surface area contributed by atoms with Crippen molar-refractivity contribution in [3.8, 4) is 0 Å². The Bertz CT molecular complexity index is 577. The molecule has 6 nitrogen and oxygen atoms in total. The second-order valence-corrected chi connectivity index (χ2v) is 6.39. The lowest BCUT2D eigenvalue weighted by Gasteiger charge is -2.36. The summed E-state index contributed by atoms with van der Waals surface area (Å²) < 4.78 is 0. The van der Waals surface area contributed by atoms with Gasteiger partial charge in [0.1, 0.15) is 5.69 Å². The molecule has 1 saturated carbocycles. The van der Waals surface area contributed by atoms with Crippen molar-refractivity contribution in [1.82, 2.24) is 15.2 Å². The Morgan fingerprint density at radius 3 is 2.77 bits per heavy atom. The number of hydrogen-bond donors (Lipinski definition) is 1. The first-order chi connectivity index (χ1) is 10.7. The van der Waals surface area contributed by atoms with E-state index in [-0.39, 0.29) is 34.9 Å². The second kappa shape index (κ2) is 6.48. The Morgan fingerprint density at radius 1 is 1.27 bits per heavy atom. The van der Waals surface area contributed by atoms with Crippen LogP contribution in [0.15, 0.2) is 24.4 Å². The molecule has 2 atom stereocenters. The summed E-state index contributed by atoms with van der Waals surface area (Å²) in [5.74, 6) is -0.209. The highest BCUT2D eigenvalue weighted by molar-refractivity contribution is 8.14. The number of rotatable bonds is 3. The third-order valence-electron chi connectivity index (χ3n) is 4.06. The smallest absolute Gasteiger partial charge is 0.289 e. The number of thioether (sulfide) groups is 1. The predicted molar refractivity (Wildman–Crippen MR) is 82.4 cm³/mol. The first kappa shape index (κ1) is 15.0. The van der Waals surface area contributed by atoms with Crippen molar-refractivity contribution < 1.29 is 14.4 Å². The van der Waals surface area contributed by atoms with Crippen LogP contribution >= 0.6 is 11.8 Å². The summed E-state index contributed by atoms with van der Waals surface area (Å²) in [6.07, 6.45) is 5.02. The van der Waals surface area contributed by atoms with Crippen LogP contribution < -0.4 is 5.32 Å². The van der Waals surface area contributed by atoms with Crippen molar-refractivity contribution in [2.24, 2.45) is 0 Å². The molecule has 1 aromatic rings. The zero-order chi connectivity index (χ0) is 15.5. The second-order valence-electron chi connectivity index (χ2n) is 5.47. The number of pyridine rings is 1. The maximum absolute atomic E-state index is 12.3. The minimum absolute atomic E-state index is 0.154. The molecular formula is C15H17N3O3S. The zero-order valence-electron chi connectivity index (χ0n) is 12.0. The van der Waals surface area contributed by atoms with Crippen LogP contribution in [0, 0.1) is 0 Å². The van der Waals surface area contributed by atoms with Crippen LogP contribution in [0.4, 0.5) is 4.79 Å². The minimum atomic E-state index is -0.260. The maximum Gasteiger partial charge on any atom is 0.289 e. The predicted octanol–water partition coefficient (Wildman–Crippen LogP) is 1.82. The molecule has 1 N–H and O–H groups in total. The Kier molecular flexibility index (Phi) is 4.42. The quantitative estimate of drug-likeness (QED) is 0.919. The van der Waals surface area contributed by atoms with Crippen LogP contribution in [0.2, 0.25) is 0 Å². The van der Waals surface area contributed by atoms with E-state index in [1.807, 2.05) is 0 Å². The summed E-state index contributed by atoms with van der Waals surface area (Å²) in [4.78, 5) is 41.5. The number of amides is 3. The molecule has 0 bridgehead atoms. The van der Waals surface area contributed by atoms with Crippen molar-refractivity contribution >= 4 is 28.8 Å². The van der Waals surface area contributed by atoms with Gasteiger partial charge in [-0.3, -0.25) is 24.3 Å². The van der Waals surface area contributed by atoms with E-state index >= 15 is 0 Å². The monoisotopic (exact) mass is 319 g/mol. The molecule has 2 fully saturated rings. The maximum atomic E-state index is 12.3. The first-order valence-electron chi connectivity index (χ1n) is 7.37. The van der Waals surface area contributed by atoms with Gasteiger partial charge in [0.05, 0.1) is 17.8 Å². The fourth-order valence-corrected chi connectivity index (χ4v) is 3.78. The third kappa shape index (κ3) is 2.99. The molecule has 0 spiro atoms. The number of nitrogens with zero attached hydrogens (tertiary/aromatic N) is 2. The highest BCUT2D eigenvalue weighted by Crippen LogP contribution is 2.30. The highest BCUT2D eigenvalue weighted by Gasteiger charge is 2.41. The zero-order valence-corrected chi connectivity index (χ0v) is 12.8. The van der Waals surface area contributed by atoms with Crippen LogP contribution in [-0.4, -0.2) is 44.8 Å². The molecule has 7 heteroatoms. The molecule has 3 rings (SSSR count). The van der Waals surface area contributed by atoms with Gasteiger partial charge in [0.2, 0.25) is 5.91 Å². The van der Waals surface area contributed by atoms with Crippen molar-refractivity contribution in [1.29, 1.82) is 0 Å². The molecule has 0 aromatic carbocycles. The average molecular weight is 319 g/mol. The molecule has 3 amide bonds. The van der Waals surface area contributed by atoms with Gasteiger partial charge in [-0.25, -0.2) is 0 Å². The van der Waals surface area contributed by atoms with Gasteiger partial charge >= 0.3 is 0 Å². The topological polar surface area (TPSA) is 79.4 Å². The minimum Gasteiger partial charge on any atom is -0.346 e. The van der Waals surface area contributed by atoms with E-state index in [2.05, 4.69) is 10.3 Å². The highest BCUT2D eigenvalue weighted by atomic mass is 32.2. The molecular weight excluding hydrogens is 302 g/mol. The lowest BCUT2D eigenvalue weighted by Crippen LogP contribution is -2.54. The number of aromatic nitrogens is 1. The standard InChI is InChI=1S/C15H17N3O3S/c19-13-9-22-15(21)18(13)12-7-2-1-5-10(12)17-14(20)11-6-3-4-8-16-11/h3-4,6,8,10,12H,1-2,5,7,9H2,(H,17,20). The van der Waals surface area contributed by atoms with E-state index in [9.17, 15) is 14.4 Å². The molecule has 2 heterocycles. The van der Waals surface area contributed by atoms with Gasteiger partial charge in [-0.15, -0.1) is 0 Å². The molecule has 22 heavy (non-hydrogen) atoms. The number of hydrogen-bond acceptors (Lipinski definition) is 5. The number of nitrogens with one attached hydrogen (secondary N) is 1. The number of carbonyl (C=O) groups excluding carboxylic acids is 3. The third-order valence-corrected chi connectivity index (χ3v) is 4.89. The molecule has 1 saturated heterocycles. The van der Waals surface area contributed by atoms with Crippen LogP contribution in [0.5, 0.6) is 0 Å². The van der Waals surface area contributed by atoms with Gasteiger partial charge in [0.25, 0.3) is 11.1 Å². The summed E-state index contributed by atoms with van der Waals surface area (Å²) in [6.45, 7) is 0. The summed E-state index contributed by atoms with van der Waals surface area (Å²) in [7, 11) is 0. The molecule has 2 unspecified atom stereocenters.